The number of unbranched alkanes of at least 4 members (excludes halogenated alkanes) is 1. The predicted molar refractivity (Wildman–Crippen MR) is 83.1 cm³/mol. The zero-order chi connectivity index (χ0) is 15.0. The first-order valence-corrected chi connectivity index (χ1v) is 7.17. The Labute approximate surface area is 120 Å². The summed E-state index contributed by atoms with van der Waals surface area (Å²) in [7, 11) is 0. The Morgan fingerprint density at radius 2 is 2.10 bits per heavy atom. The highest BCUT2D eigenvalue weighted by atomic mass is 16.3. The van der Waals surface area contributed by atoms with Crippen LogP contribution in [0.15, 0.2) is 18.2 Å². The van der Waals surface area contributed by atoms with Crippen LogP contribution in [0.3, 0.4) is 0 Å². The van der Waals surface area contributed by atoms with E-state index >= 15 is 0 Å². The molecule has 0 aromatic heterocycles. The minimum Gasteiger partial charge on any atom is -0.399 e. The van der Waals surface area contributed by atoms with Crippen LogP contribution in [0, 0.1) is 0 Å². The highest BCUT2D eigenvalue weighted by Gasteiger charge is 2.16. The Balaban J connectivity index is 3.09. The molecule has 0 aliphatic rings. The van der Waals surface area contributed by atoms with E-state index in [-0.39, 0.29) is 12.5 Å². The van der Waals surface area contributed by atoms with Gasteiger partial charge in [-0.2, -0.15) is 0 Å². The molecule has 0 radical (unpaired) electrons. The fraction of sp³-hybridized carbons (Fsp3) is 0.533. The minimum absolute atomic E-state index is 0.0490. The van der Waals surface area contributed by atoms with Gasteiger partial charge in [-0.25, -0.2) is 0 Å². The molecule has 5 heteroatoms. The largest absolute Gasteiger partial charge is 0.399 e. The van der Waals surface area contributed by atoms with Crippen molar-refractivity contribution >= 4 is 17.3 Å². The van der Waals surface area contributed by atoms with Gasteiger partial charge < -0.3 is 21.1 Å². The third kappa shape index (κ3) is 4.42. The third-order valence-corrected chi connectivity index (χ3v) is 3.10. The second-order valence-corrected chi connectivity index (χ2v) is 4.70. The van der Waals surface area contributed by atoms with Gasteiger partial charge in [0.2, 0.25) is 0 Å². The summed E-state index contributed by atoms with van der Waals surface area (Å²) in [6.45, 7) is 5.92. The first-order chi connectivity index (χ1) is 9.63. The lowest BCUT2D eigenvalue weighted by atomic mass is 10.1. The quantitative estimate of drug-likeness (QED) is 0.632. The normalized spacial score (nSPS) is 10.3. The number of nitrogens with two attached hydrogens (primary N) is 1. The summed E-state index contributed by atoms with van der Waals surface area (Å²) in [6.07, 6.45) is 2.06. The number of rotatable bonds is 8. The molecule has 5 nitrogen and oxygen atoms in total. The Hall–Kier alpha value is -1.75. The van der Waals surface area contributed by atoms with Gasteiger partial charge in [-0.1, -0.05) is 13.3 Å². The molecule has 0 saturated carbocycles. The van der Waals surface area contributed by atoms with Gasteiger partial charge in [0.15, 0.2) is 0 Å². The van der Waals surface area contributed by atoms with E-state index in [9.17, 15) is 9.90 Å². The lowest BCUT2D eigenvalue weighted by Crippen LogP contribution is -2.31. The van der Waals surface area contributed by atoms with Gasteiger partial charge in [0.1, 0.15) is 0 Å². The van der Waals surface area contributed by atoms with E-state index in [1.165, 1.54) is 0 Å². The van der Waals surface area contributed by atoms with Crippen LogP contribution in [0.1, 0.15) is 37.0 Å². The molecule has 0 unspecified atom stereocenters. The number of nitrogen functional groups attached to an aromatic ring is 1. The smallest absolute Gasteiger partial charge is 0.253 e. The highest BCUT2D eigenvalue weighted by Crippen LogP contribution is 2.24. The van der Waals surface area contributed by atoms with Gasteiger partial charge in [0.25, 0.3) is 5.91 Å². The van der Waals surface area contributed by atoms with Crippen LogP contribution < -0.4 is 16.0 Å². The molecule has 112 valence electrons. The van der Waals surface area contributed by atoms with Crippen LogP contribution in [0.25, 0.3) is 0 Å². The molecule has 0 saturated heterocycles. The number of nitrogens with zero attached hydrogens (tertiary/aromatic N) is 1. The van der Waals surface area contributed by atoms with Crippen molar-refractivity contribution < 1.29 is 9.90 Å². The molecule has 0 atom stereocenters. The van der Waals surface area contributed by atoms with Crippen LogP contribution in [0.4, 0.5) is 11.4 Å². The monoisotopic (exact) mass is 279 g/mol. The summed E-state index contributed by atoms with van der Waals surface area (Å²) in [5.41, 5.74) is 7.85. The van der Waals surface area contributed by atoms with Gasteiger partial charge in [-0.05, 0) is 31.5 Å². The maximum atomic E-state index is 12.1. The van der Waals surface area contributed by atoms with Crippen LogP contribution in [-0.2, 0) is 0 Å². The summed E-state index contributed by atoms with van der Waals surface area (Å²) < 4.78 is 0. The second-order valence-electron chi connectivity index (χ2n) is 4.70. The summed E-state index contributed by atoms with van der Waals surface area (Å²) in [4.78, 5) is 14.1. The van der Waals surface area contributed by atoms with Crippen LogP contribution in [0.5, 0.6) is 0 Å². The van der Waals surface area contributed by atoms with E-state index in [4.69, 9.17) is 5.73 Å². The Morgan fingerprint density at radius 3 is 2.70 bits per heavy atom. The number of anilines is 2. The van der Waals surface area contributed by atoms with E-state index in [0.717, 1.165) is 25.1 Å². The lowest BCUT2D eigenvalue weighted by Gasteiger charge is -2.26. The average Bonchev–Trinajstić information content (AvgIpc) is 2.43. The van der Waals surface area contributed by atoms with Crippen LogP contribution in [0.2, 0.25) is 0 Å². The minimum atomic E-state index is -0.109. The van der Waals surface area contributed by atoms with Crippen molar-refractivity contribution in [3.05, 3.63) is 23.8 Å². The molecular weight excluding hydrogens is 254 g/mol. The van der Waals surface area contributed by atoms with Gasteiger partial charge in [0, 0.05) is 25.3 Å². The molecule has 4 N–H and O–H groups in total. The SMILES string of the molecule is CCCCN(CCO)c1cc(N)ccc1C(=O)NCC. The molecule has 1 aromatic rings. The molecule has 0 aliphatic carbocycles. The molecule has 0 bridgehead atoms. The molecule has 0 spiro atoms. The summed E-state index contributed by atoms with van der Waals surface area (Å²) in [6, 6.07) is 5.27. The fourth-order valence-electron chi connectivity index (χ4n) is 2.08. The first kappa shape index (κ1) is 16.3. The zero-order valence-electron chi connectivity index (χ0n) is 12.4. The van der Waals surface area contributed by atoms with Crippen molar-refractivity contribution in [2.75, 3.05) is 36.9 Å². The molecule has 1 amide bonds. The Kier molecular flexibility index (Phi) is 6.87. The fourth-order valence-corrected chi connectivity index (χ4v) is 2.08. The number of aliphatic hydroxyl groups is 1. The molecule has 1 rings (SSSR count). The molecule has 0 aliphatic heterocycles. The standard InChI is InChI=1S/C15H25N3O2/c1-3-5-8-18(9-10-19)14-11-12(16)6-7-13(14)15(20)17-4-2/h6-7,11,19H,3-5,8-10,16H2,1-2H3,(H,17,20). The number of hydrogen-bond acceptors (Lipinski definition) is 4. The summed E-state index contributed by atoms with van der Waals surface area (Å²) in [5, 5.41) is 12.0. The van der Waals surface area contributed by atoms with Crippen molar-refractivity contribution in [3.63, 3.8) is 0 Å². The first-order valence-electron chi connectivity index (χ1n) is 7.17. The van der Waals surface area contributed by atoms with Crippen LogP contribution in [-0.4, -0.2) is 37.3 Å². The third-order valence-electron chi connectivity index (χ3n) is 3.10. The predicted octanol–water partition coefficient (Wildman–Crippen LogP) is 1.62. The zero-order valence-corrected chi connectivity index (χ0v) is 12.4. The Morgan fingerprint density at radius 1 is 1.35 bits per heavy atom. The van der Waals surface area contributed by atoms with Gasteiger partial charge in [-0.3, -0.25) is 4.79 Å². The van der Waals surface area contributed by atoms with Gasteiger partial charge >= 0.3 is 0 Å². The van der Waals surface area contributed by atoms with Crippen molar-refractivity contribution in [3.8, 4) is 0 Å². The average molecular weight is 279 g/mol. The topological polar surface area (TPSA) is 78.6 Å². The van der Waals surface area contributed by atoms with E-state index in [0.29, 0.717) is 24.3 Å². The highest BCUT2D eigenvalue weighted by molar-refractivity contribution is 6.00. The Bertz CT molecular complexity index is 435. The van der Waals surface area contributed by atoms with E-state index in [1.807, 2.05) is 11.8 Å². The number of amides is 1. The molecule has 0 fully saturated rings. The van der Waals surface area contributed by atoms with E-state index in [1.54, 1.807) is 18.2 Å². The van der Waals surface area contributed by atoms with Crippen molar-refractivity contribution in [1.29, 1.82) is 0 Å². The van der Waals surface area contributed by atoms with E-state index in [2.05, 4.69) is 12.2 Å². The number of carbonyl (C=O) groups is 1. The van der Waals surface area contributed by atoms with E-state index < -0.39 is 0 Å². The maximum Gasteiger partial charge on any atom is 0.253 e. The number of nitrogens with one attached hydrogen (secondary N) is 1. The van der Waals surface area contributed by atoms with Gasteiger partial charge in [-0.15, -0.1) is 0 Å². The summed E-state index contributed by atoms with van der Waals surface area (Å²) in [5.74, 6) is -0.109. The maximum absolute atomic E-state index is 12.1. The van der Waals surface area contributed by atoms with Crippen molar-refractivity contribution in [2.45, 2.75) is 26.7 Å². The molecular formula is C15H25N3O2. The second kappa shape index (κ2) is 8.43. The van der Waals surface area contributed by atoms with Crippen molar-refractivity contribution in [2.24, 2.45) is 0 Å². The number of carbonyl (C=O) groups excluding carboxylic acids is 1. The number of hydrogen-bond donors (Lipinski definition) is 3. The van der Waals surface area contributed by atoms with Crippen molar-refractivity contribution in [1.82, 2.24) is 5.32 Å². The van der Waals surface area contributed by atoms with Crippen LogP contribution >= 0.6 is 0 Å². The van der Waals surface area contributed by atoms with Gasteiger partial charge in [0.05, 0.1) is 17.9 Å². The lowest BCUT2D eigenvalue weighted by molar-refractivity contribution is 0.0956. The molecule has 20 heavy (non-hydrogen) atoms. The molecule has 0 heterocycles. The molecule has 1 aromatic carbocycles. The number of benzene rings is 1. The summed E-state index contributed by atoms with van der Waals surface area (Å²) >= 11 is 0. The number of aliphatic hydroxyl groups excluding tert-OH is 1.